The largest absolute Gasteiger partial charge is 0.508 e. The first-order chi connectivity index (χ1) is 8.83. The number of ether oxygens (including phenoxy) is 1. The van der Waals surface area contributed by atoms with Crippen molar-refractivity contribution in [2.75, 3.05) is 32.8 Å². The fourth-order valence-electron chi connectivity index (χ4n) is 2.48. The zero-order chi connectivity index (χ0) is 12.4. The first kappa shape index (κ1) is 11.6. The Balaban J connectivity index is 1.72. The van der Waals surface area contributed by atoms with Crippen LogP contribution in [0.1, 0.15) is 5.56 Å². The van der Waals surface area contributed by atoms with Gasteiger partial charge in [-0.25, -0.2) is 0 Å². The summed E-state index contributed by atoms with van der Waals surface area (Å²) in [5.74, 6) is 0.328. The van der Waals surface area contributed by atoms with E-state index in [0.717, 1.165) is 50.2 Å². The van der Waals surface area contributed by atoms with Crippen LogP contribution in [-0.4, -0.2) is 47.8 Å². The molecule has 0 atom stereocenters. The Labute approximate surface area is 106 Å². The predicted octanol–water partition coefficient (Wildman–Crippen LogP) is 1.75. The summed E-state index contributed by atoms with van der Waals surface area (Å²) in [6.07, 6.45) is 3.05. The summed E-state index contributed by atoms with van der Waals surface area (Å²) in [7, 11) is 0. The normalized spacial score (nSPS) is 17.3. The number of nitrogens with one attached hydrogen (secondary N) is 1. The summed E-state index contributed by atoms with van der Waals surface area (Å²) >= 11 is 0. The van der Waals surface area contributed by atoms with Gasteiger partial charge in [-0.05, 0) is 30.2 Å². The van der Waals surface area contributed by atoms with E-state index < -0.39 is 0 Å². The van der Waals surface area contributed by atoms with Gasteiger partial charge in [-0.1, -0.05) is 0 Å². The van der Waals surface area contributed by atoms with Crippen molar-refractivity contribution in [3.63, 3.8) is 0 Å². The van der Waals surface area contributed by atoms with Gasteiger partial charge in [0.05, 0.1) is 13.2 Å². The van der Waals surface area contributed by atoms with Gasteiger partial charge in [-0.15, -0.1) is 0 Å². The molecule has 0 unspecified atom stereocenters. The number of aromatic amines is 1. The molecule has 0 spiro atoms. The van der Waals surface area contributed by atoms with Crippen molar-refractivity contribution < 1.29 is 9.84 Å². The number of benzene rings is 1. The molecule has 0 aliphatic carbocycles. The first-order valence-electron chi connectivity index (χ1n) is 6.42. The van der Waals surface area contributed by atoms with Crippen LogP contribution in [0.15, 0.2) is 24.4 Å². The van der Waals surface area contributed by atoms with Crippen molar-refractivity contribution >= 4 is 10.9 Å². The molecule has 4 heteroatoms. The smallest absolute Gasteiger partial charge is 0.116 e. The lowest BCUT2D eigenvalue weighted by Crippen LogP contribution is -2.37. The molecule has 1 saturated heterocycles. The lowest BCUT2D eigenvalue weighted by Gasteiger charge is -2.26. The summed E-state index contributed by atoms with van der Waals surface area (Å²) in [6.45, 7) is 4.77. The standard InChI is InChI=1S/C14H18N2O2/c17-12-1-2-14-13(9-12)11(10-15-14)3-4-16-5-7-18-8-6-16/h1-2,9-10,15,17H,3-8H2. The number of hydrogen-bond acceptors (Lipinski definition) is 3. The molecule has 18 heavy (non-hydrogen) atoms. The van der Waals surface area contributed by atoms with Gasteiger partial charge in [-0.2, -0.15) is 0 Å². The van der Waals surface area contributed by atoms with E-state index in [1.165, 1.54) is 5.56 Å². The minimum Gasteiger partial charge on any atom is -0.508 e. The van der Waals surface area contributed by atoms with Crippen LogP contribution >= 0.6 is 0 Å². The molecule has 0 saturated carbocycles. The molecule has 0 amide bonds. The van der Waals surface area contributed by atoms with Crippen LogP contribution in [0.25, 0.3) is 10.9 Å². The Hall–Kier alpha value is -1.52. The van der Waals surface area contributed by atoms with Gasteiger partial charge in [-0.3, -0.25) is 4.90 Å². The number of aromatic nitrogens is 1. The Kier molecular flexibility index (Phi) is 3.21. The SMILES string of the molecule is Oc1ccc2[nH]cc(CCN3CCOCC3)c2c1. The lowest BCUT2D eigenvalue weighted by molar-refractivity contribution is 0.0385. The van der Waals surface area contributed by atoms with Gasteiger partial charge < -0.3 is 14.8 Å². The van der Waals surface area contributed by atoms with E-state index in [2.05, 4.69) is 9.88 Å². The van der Waals surface area contributed by atoms with Gasteiger partial charge in [0.15, 0.2) is 0 Å². The van der Waals surface area contributed by atoms with Crippen LogP contribution in [0.3, 0.4) is 0 Å². The second-order valence-corrected chi connectivity index (χ2v) is 4.75. The Morgan fingerprint density at radius 1 is 1.28 bits per heavy atom. The summed E-state index contributed by atoms with van der Waals surface area (Å²) in [5, 5.41) is 10.7. The molecule has 0 radical (unpaired) electrons. The van der Waals surface area contributed by atoms with Gasteiger partial charge in [0.1, 0.15) is 5.75 Å². The van der Waals surface area contributed by atoms with Crippen LogP contribution in [0.2, 0.25) is 0 Å². The lowest BCUT2D eigenvalue weighted by atomic mass is 10.1. The van der Waals surface area contributed by atoms with E-state index in [9.17, 15) is 5.11 Å². The number of phenols is 1. The highest BCUT2D eigenvalue weighted by Gasteiger charge is 2.11. The third-order valence-corrected chi connectivity index (χ3v) is 3.55. The highest BCUT2D eigenvalue weighted by atomic mass is 16.5. The number of morpholine rings is 1. The summed E-state index contributed by atoms with van der Waals surface area (Å²) < 4.78 is 5.34. The number of fused-ring (bicyclic) bond motifs is 1. The quantitative estimate of drug-likeness (QED) is 0.867. The first-order valence-corrected chi connectivity index (χ1v) is 6.42. The van der Waals surface area contributed by atoms with Crippen molar-refractivity contribution in [1.29, 1.82) is 0 Å². The van der Waals surface area contributed by atoms with Crippen LogP contribution in [0, 0.1) is 0 Å². The molecule has 0 bridgehead atoms. The van der Waals surface area contributed by atoms with Gasteiger partial charge in [0.25, 0.3) is 0 Å². The van der Waals surface area contributed by atoms with Gasteiger partial charge in [0.2, 0.25) is 0 Å². The second-order valence-electron chi connectivity index (χ2n) is 4.75. The Morgan fingerprint density at radius 3 is 2.94 bits per heavy atom. The average Bonchev–Trinajstić information content (AvgIpc) is 2.80. The van der Waals surface area contributed by atoms with E-state index in [1.807, 2.05) is 18.3 Å². The van der Waals surface area contributed by atoms with Crippen molar-refractivity contribution in [3.05, 3.63) is 30.0 Å². The zero-order valence-electron chi connectivity index (χ0n) is 10.4. The molecule has 1 aromatic heterocycles. The molecular weight excluding hydrogens is 228 g/mol. The fraction of sp³-hybridized carbons (Fsp3) is 0.429. The molecule has 2 N–H and O–H groups in total. The maximum absolute atomic E-state index is 9.55. The number of aromatic hydroxyl groups is 1. The second kappa shape index (κ2) is 5.00. The zero-order valence-corrected chi connectivity index (χ0v) is 10.4. The molecule has 1 fully saturated rings. The van der Waals surface area contributed by atoms with Crippen LogP contribution < -0.4 is 0 Å². The molecular formula is C14H18N2O2. The van der Waals surface area contributed by atoms with Crippen molar-refractivity contribution in [2.45, 2.75) is 6.42 Å². The van der Waals surface area contributed by atoms with Crippen LogP contribution in [0.5, 0.6) is 5.75 Å². The predicted molar refractivity (Wildman–Crippen MR) is 70.9 cm³/mol. The maximum Gasteiger partial charge on any atom is 0.116 e. The molecule has 1 aliphatic heterocycles. The number of nitrogens with zero attached hydrogens (tertiary/aromatic N) is 1. The minimum atomic E-state index is 0.328. The molecule has 1 aromatic carbocycles. The van der Waals surface area contributed by atoms with Crippen LogP contribution in [-0.2, 0) is 11.2 Å². The van der Waals surface area contributed by atoms with Crippen molar-refractivity contribution in [1.82, 2.24) is 9.88 Å². The average molecular weight is 246 g/mol. The topological polar surface area (TPSA) is 48.5 Å². The molecule has 2 heterocycles. The monoisotopic (exact) mass is 246 g/mol. The Morgan fingerprint density at radius 2 is 2.11 bits per heavy atom. The highest BCUT2D eigenvalue weighted by Crippen LogP contribution is 2.23. The molecule has 4 nitrogen and oxygen atoms in total. The fourth-order valence-corrected chi connectivity index (χ4v) is 2.48. The molecule has 1 aliphatic rings. The molecule has 96 valence electrons. The van der Waals surface area contributed by atoms with Crippen LogP contribution in [0.4, 0.5) is 0 Å². The van der Waals surface area contributed by atoms with Crippen molar-refractivity contribution in [3.8, 4) is 5.75 Å². The van der Waals surface area contributed by atoms with E-state index in [4.69, 9.17) is 4.74 Å². The Bertz CT molecular complexity index is 530. The van der Waals surface area contributed by atoms with E-state index in [0.29, 0.717) is 5.75 Å². The van der Waals surface area contributed by atoms with Crippen molar-refractivity contribution in [2.24, 2.45) is 0 Å². The van der Waals surface area contributed by atoms with Gasteiger partial charge >= 0.3 is 0 Å². The number of rotatable bonds is 3. The maximum atomic E-state index is 9.55. The number of H-pyrrole nitrogens is 1. The van der Waals surface area contributed by atoms with Gasteiger partial charge in [0, 0.05) is 36.7 Å². The molecule has 2 aromatic rings. The molecule has 3 rings (SSSR count). The van der Waals surface area contributed by atoms with E-state index in [1.54, 1.807) is 6.07 Å². The van der Waals surface area contributed by atoms with E-state index >= 15 is 0 Å². The summed E-state index contributed by atoms with van der Waals surface area (Å²) in [4.78, 5) is 5.67. The summed E-state index contributed by atoms with van der Waals surface area (Å²) in [6, 6.07) is 5.47. The van der Waals surface area contributed by atoms with E-state index in [-0.39, 0.29) is 0 Å². The number of hydrogen-bond donors (Lipinski definition) is 2. The summed E-state index contributed by atoms with van der Waals surface area (Å²) in [5.41, 5.74) is 2.36. The third kappa shape index (κ3) is 2.35. The third-order valence-electron chi connectivity index (χ3n) is 3.55. The highest BCUT2D eigenvalue weighted by molar-refractivity contribution is 5.84. The minimum absolute atomic E-state index is 0.328. The number of phenolic OH excluding ortho intramolecular Hbond substituents is 1.